The fourth-order valence-electron chi connectivity index (χ4n) is 2.85. The molecule has 0 aromatic carbocycles. The van der Waals surface area contributed by atoms with Crippen LogP contribution in [0.25, 0.3) is 0 Å². The van der Waals surface area contributed by atoms with Gasteiger partial charge in [-0.25, -0.2) is 0 Å². The van der Waals surface area contributed by atoms with E-state index in [0.717, 1.165) is 12.4 Å². The van der Waals surface area contributed by atoms with Crippen LogP contribution in [0.5, 0.6) is 5.88 Å². The smallest absolute Gasteiger partial charge is 0.239 e. The molecule has 1 heterocycles. The monoisotopic (exact) mass is 263 g/mol. The molecular formula is C15H25N3O. The molecule has 19 heavy (non-hydrogen) atoms. The Morgan fingerprint density at radius 3 is 2.63 bits per heavy atom. The summed E-state index contributed by atoms with van der Waals surface area (Å²) in [5.74, 6) is 1.56. The summed E-state index contributed by atoms with van der Waals surface area (Å²) in [7, 11) is 0. The summed E-state index contributed by atoms with van der Waals surface area (Å²) in [6.45, 7) is 5.71. The average Bonchev–Trinajstić information content (AvgIpc) is 2.44. The third-order valence-electron chi connectivity index (χ3n) is 3.81. The normalized spacial score (nSPS) is 16.3. The minimum atomic E-state index is 0.564. The van der Waals surface area contributed by atoms with Crippen LogP contribution in [0.4, 0.5) is 11.5 Å². The molecule has 0 spiro atoms. The molecule has 0 aliphatic heterocycles. The lowest BCUT2D eigenvalue weighted by Gasteiger charge is -2.34. The summed E-state index contributed by atoms with van der Waals surface area (Å²) in [4.78, 5) is 6.98. The van der Waals surface area contributed by atoms with Crippen LogP contribution in [0.15, 0.2) is 12.1 Å². The first-order valence-corrected chi connectivity index (χ1v) is 7.42. The Morgan fingerprint density at radius 1 is 1.26 bits per heavy atom. The van der Waals surface area contributed by atoms with Crippen LogP contribution in [0.1, 0.15) is 46.0 Å². The summed E-state index contributed by atoms with van der Waals surface area (Å²) in [6.07, 6.45) is 6.56. The number of ether oxygens (including phenoxy) is 1. The predicted octanol–water partition coefficient (Wildman–Crippen LogP) is 3.22. The number of nitrogen functional groups attached to an aromatic ring is 1. The third kappa shape index (κ3) is 3.31. The molecule has 1 saturated carbocycles. The first-order chi connectivity index (χ1) is 9.26. The summed E-state index contributed by atoms with van der Waals surface area (Å²) >= 11 is 0. The molecule has 2 N–H and O–H groups in total. The largest absolute Gasteiger partial charge is 0.476 e. The highest BCUT2D eigenvalue weighted by molar-refractivity contribution is 5.55. The van der Waals surface area contributed by atoms with Crippen molar-refractivity contribution < 1.29 is 4.74 Å². The van der Waals surface area contributed by atoms with Crippen molar-refractivity contribution in [2.24, 2.45) is 0 Å². The van der Waals surface area contributed by atoms with Gasteiger partial charge in [0.25, 0.3) is 0 Å². The van der Waals surface area contributed by atoms with Gasteiger partial charge >= 0.3 is 0 Å². The molecule has 0 unspecified atom stereocenters. The van der Waals surface area contributed by atoms with Gasteiger partial charge in [0.1, 0.15) is 5.82 Å². The van der Waals surface area contributed by atoms with Crippen LogP contribution in [0.3, 0.4) is 0 Å². The molecule has 1 aromatic rings. The molecule has 4 heteroatoms. The van der Waals surface area contributed by atoms with Crippen molar-refractivity contribution in [1.29, 1.82) is 0 Å². The summed E-state index contributed by atoms with van der Waals surface area (Å²) in [5, 5.41) is 0. The topological polar surface area (TPSA) is 51.4 Å². The number of aromatic nitrogens is 1. The third-order valence-corrected chi connectivity index (χ3v) is 3.81. The fraction of sp³-hybridized carbons (Fsp3) is 0.667. The second-order valence-corrected chi connectivity index (χ2v) is 5.07. The van der Waals surface area contributed by atoms with Crippen molar-refractivity contribution in [1.82, 2.24) is 4.98 Å². The minimum Gasteiger partial charge on any atom is -0.476 e. The Hall–Kier alpha value is -1.45. The van der Waals surface area contributed by atoms with E-state index in [9.17, 15) is 0 Å². The van der Waals surface area contributed by atoms with E-state index in [0.29, 0.717) is 24.2 Å². The van der Waals surface area contributed by atoms with Gasteiger partial charge in [-0.2, -0.15) is 4.98 Å². The zero-order valence-corrected chi connectivity index (χ0v) is 12.1. The van der Waals surface area contributed by atoms with Crippen LogP contribution in [-0.4, -0.2) is 24.2 Å². The van der Waals surface area contributed by atoms with Crippen molar-refractivity contribution in [2.45, 2.75) is 52.0 Å². The van der Waals surface area contributed by atoms with Gasteiger partial charge in [0.2, 0.25) is 5.88 Å². The first-order valence-electron chi connectivity index (χ1n) is 7.42. The molecule has 0 radical (unpaired) electrons. The van der Waals surface area contributed by atoms with E-state index in [1.165, 1.54) is 32.1 Å². The molecule has 4 nitrogen and oxygen atoms in total. The molecule has 1 aliphatic carbocycles. The standard InChI is InChI=1S/C15H25N3O/c1-3-18(12-8-6-5-7-9-12)14-11-10-13(16)15(17-14)19-4-2/h10-12H,3-9,16H2,1-2H3. The summed E-state index contributed by atoms with van der Waals surface area (Å²) < 4.78 is 5.50. The van der Waals surface area contributed by atoms with Gasteiger partial charge in [-0.15, -0.1) is 0 Å². The highest BCUT2D eigenvalue weighted by atomic mass is 16.5. The Morgan fingerprint density at radius 2 is 2.00 bits per heavy atom. The zero-order valence-electron chi connectivity index (χ0n) is 12.1. The van der Waals surface area contributed by atoms with Crippen LogP contribution < -0.4 is 15.4 Å². The predicted molar refractivity (Wildman–Crippen MR) is 79.7 cm³/mol. The van der Waals surface area contributed by atoms with Crippen LogP contribution in [0, 0.1) is 0 Å². The van der Waals surface area contributed by atoms with E-state index in [4.69, 9.17) is 10.5 Å². The lowest BCUT2D eigenvalue weighted by molar-refractivity contribution is 0.328. The van der Waals surface area contributed by atoms with Crippen molar-refractivity contribution >= 4 is 11.5 Å². The molecule has 1 fully saturated rings. The maximum absolute atomic E-state index is 5.89. The highest BCUT2D eigenvalue weighted by Gasteiger charge is 2.21. The lowest BCUT2D eigenvalue weighted by Crippen LogP contribution is -2.37. The van der Waals surface area contributed by atoms with E-state index in [1.807, 2.05) is 19.1 Å². The number of rotatable bonds is 5. The second-order valence-electron chi connectivity index (χ2n) is 5.07. The second kappa shape index (κ2) is 6.64. The number of anilines is 2. The quantitative estimate of drug-likeness (QED) is 0.886. The molecular weight excluding hydrogens is 238 g/mol. The molecule has 1 aromatic heterocycles. The molecule has 0 amide bonds. The molecule has 106 valence electrons. The molecule has 0 bridgehead atoms. The van der Waals surface area contributed by atoms with E-state index in [2.05, 4.69) is 16.8 Å². The highest BCUT2D eigenvalue weighted by Crippen LogP contribution is 2.29. The maximum Gasteiger partial charge on any atom is 0.239 e. The molecule has 0 saturated heterocycles. The Kier molecular flexibility index (Phi) is 4.88. The van der Waals surface area contributed by atoms with E-state index < -0.39 is 0 Å². The molecule has 1 aliphatic rings. The summed E-state index contributed by atoms with van der Waals surface area (Å²) in [6, 6.07) is 4.53. The Labute approximate surface area is 116 Å². The van der Waals surface area contributed by atoms with Gasteiger partial charge in [-0.1, -0.05) is 19.3 Å². The van der Waals surface area contributed by atoms with Crippen molar-refractivity contribution in [3.8, 4) is 5.88 Å². The number of hydrogen-bond acceptors (Lipinski definition) is 4. The van der Waals surface area contributed by atoms with Gasteiger partial charge in [0, 0.05) is 12.6 Å². The number of nitrogens with two attached hydrogens (primary N) is 1. The van der Waals surface area contributed by atoms with Crippen molar-refractivity contribution in [3.63, 3.8) is 0 Å². The van der Waals surface area contributed by atoms with Crippen LogP contribution in [0.2, 0.25) is 0 Å². The van der Waals surface area contributed by atoms with Crippen molar-refractivity contribution in [3.05, 3.63) is 12.1 Å². The van der Waals surface area contributed by atoms with E-state index >= 15 is 0 Å². The van der Waals surface area contributed by atoms with Gasteiger partial charge in [0.05, 0.1) is 12.3 Å². The van der Waals surface area contributed by atoms with E-state index in [1.54, 1.807) is 0 Å². The zero-order chi connectivity index (χ0) is 13.7. The van der Waals surface area contributed by atoms with Crippen LogP contribution in [-0.2, 0) is 0 Å². The number of pyridine rings is 1. The van der Waals surface area contributed by atoms with Crippen LogP contribution >= 0.6 is 0 Å². The maximum atomic E-state index is 5.89. The number of hydrogen-bond donors (Lipinski definition) is 1. The Balaban J connectivity index is 2.19. The number of nitrogens with zero attached hydrogens (tertiary/aromatic N) is 2. The van der Waals surface area contributed by atoms with Crippen molar-refractivity contribution in [2.75, 3.05) is 23.8 Å². The first kappa shape index (κ1) is 14.0. The summed E-state index contributed by atoms with van der Waals surface area (Å²) in [5.41, 5.74) is 6.51. The van der Waals surface area contributed by atoms with E-state index in [-0.39, 0.29) is 0 Å². The van der Waals surface area contributed by atoms with Gasteiger partial charge in [-0.3, -0.25) is 0 Å². The molecule has 0 atom stereocenters. The molecule has 2 rings (SSSR count). The fourth-order valence-corrected chi connectivity index (χ4v) is 2.85. The Bertz CT molecular complexity index is 402. The SMILES string of the molecule is CCOc1nc(N(CC)C2CCCCC2)ccc1N. The minimum absolute atomic E-state index is 0.564. The van der Waals surface area contributed by atoms with Gasteiger partial charge in [0.15, 0.2) is 0 Å². The lowest BCUT2D eigenvalue weighted by atomic mass is 9.94. The van der Waals surface area contributed by atoms with Gasteiger partial charge in [-0.05, 0) is 38.8 Å². The van der Waals surface area contributed by atoms with Gasteiger partial charge < -0.3 is 15.4 Å². The average molecular weight is 263 g/mol.